The van der Waals surface area contributed by atoms with Crippen LogP contribution in [0.15, 0.2) is 168 Å². The van der Waals surface area contributed by atoms with Gasteiger partial charge in [0.1, 0.15) is 17.0 Å². The number of hydrogen-bond acceptors (Lipinski definition) is 4. The topological polar surface area (TPSA) is 51.8 Å². The molecule has 244 valence electrons. The highest BCUT2D eigenvalue weighted by Gasteiger charge is 2.21. The predicted octanol–water partition coefficient (Wildman–Crippen LogP) is 12.2. The lowest BCUT2D eigenvalue weighted by Gasteiger charge is -2.20. The van der Waals surface area contributed by atoms with Crippen molar-refractivity contribution in [2.75, 3.05) is 0 Å². The molecule has 9 aromatic rings. The lowest BCUT2D eigenvalue weighted by atomic mass is 9.84. The van der Waals surface area contributed by atoms with E-state index < -0.39 is 0 Å². The Morgan fingerprint density at radius 2 is 1.18 bits per heavy atom. The first-order chi connectivity index (χ1) is 25.0. The van der Waals surface area contributed by atoms with Gasteiger partial charge in [0.2, 0.25) is 0 Å². The molecule has 0 aliphatic heterocycles. The summed E-state index contributed by atoms with van der Waals surface area (Å²) in [7, 11) is 0. The van der Waals surface area contributed by atoms with E-state index in [1.165, 1.54) is 16.3 Å². The molecular weight excluding hydrogens is 623 g/mol. The van der Waals surface area contributed by atoms with Crippen LogP contribution in [0.5, 0.6) is 0 Å². The number of aromatic nitrogens is 3. The van der Waals surface area contributed by atoms with E-state index in [4.69, 9.17) is 19.4 Å². The number of rotatable bonds is 7. The predicted molar refractivity (Wildman–Crippen MR) is 211 cm³/mol. The average Bonchev–Trinajstić information content (AvgIpc) is 3.55. The van der Waals surface area contributed by atoms with E-state index in [2.05, 4.69) is 159 Å². The molecule has 0 atom stereocenters. The molecule has 0 saturated heterocycles. The maximum absolute atomic E-state index is 6.83. The molecule has 0 aliphatic rings. The Bertz CT molecular complexity index is 2740. The van der Waals surface area contributed by atoms with Crippen LogP contribution in [0.1, 0.15) is 25.2 Å². The summed E-state index contributed by atoms with van der Waals surface area (Å²) in [6.07, 6.45) is 5.00. The lowest BCUT2D eigenvalue weighted by Crippen LogP contribution is -2.13. The van der Waals surface area contributed by atoms with E-state index in [-0.39, 0.29) is 5.41 Å². The molecule has 0 bridgehead atoms. The van der Waals surface area contributed by atoms with Crippen molar-refractivity contribution in [2.45, 2.75) is 25.7 Å². The second-order valence-corrected chi connectivity index (χ2v) is 13.7. The molecule has 9 rings (SSSR count). The van der Waals surface area contributed by atoms with Crippen LogP contribution in [0, 0.1) is 0 Å². The van der Waals surface area contributed by atoms with Crippen LogP contribution in [0.4, 0.5) is 0 Å². The van der Waals surface area contributed by atoms with E-state index in [0.717, 1.165) is 55.0 Å². The highest BCUT2D eigenvalue weighted by Crippen LogP contribution is 2.43. The van der Waals surface area contributed by atoms with Crippen molar-refractivity contribution in [3.63, 3.8) is 0 Å². The van der Waals surface area contributed by atoms with Gasteiger partial charge >= 0.3 is 0 Å². The van der Waals surface area contributed by atoms with Crippen LogP contribution in [0.2, 0.25) is 0 Å². The number of furan rings is 1. The molecule has 0 amide bonds. The SMILES string of the molecule is CC(C)(/C=C\Cc1nc(-c2ccccc2)nc(-c2ccc(-c3ccc4ccccc4c3)c3oc4cc5ccccc5cc4c23)n1)c1ccccc1. The van der Waals surface area contributed by atoms with Gasteiger partial charge < -0.3 is 4.42 Å². The molecule has 0 spiro atoms. The molecule has 51 heavy (non-hydrogen) atoms. The summed E-state index contributed by atoms with van der Waals surface area (Å²) in [5.74, 6) is 1.99. The largest absolute Gasteiger partial charge is 0.455 e. The van der Waals surface area contributed by atoms with Gasteiger partial charge in [-0.2, -0.15) is 0 Å². The first kappa shape index (κ1) is 30.7. The summed E-state index contributed by atoms with van der Waals surface area (Å²) in [5.41, 5.74) is 6.77. The van der Waals surface area contributed by atoms with Crippen LogP contribution in [0.3, 0.4) is 0 Å². The van der Waals surface area contributed by atoms with Gasteiger partial charge in [-0.15, -0.1) is 0 Å². The number of allylic oxidation sites excluding steroid dienone is 2. The smallest absolute Gasteiger partial charge is 0.164 e. The zero-order chi connectivity index (χ0) is 34.4. The summed E-state index contributed by atoms with van der Waals surface area (Å²) < 4.78 is 6.83. The monoisotopic (exact) mass is 657 g/mol. The van der Waals surface area contributed by atoms with E-state index in [1.54, 1.807) is 0 Å². The maximum atomic E-state index is 6.83. The Morgan fingerprint density at radius 3 is 1.94 bits per heavy atom. The zero-order valence-corrected chi connectivity index (χ0v) is 28.5. The van der Waals surface area contributed by atoms with Crippen LogP contribution in [0.25, 0.3) is 77.4 Å². The standard InChI is InChI=1S/C47H35N3O/c1-47(2,37-20-7-4-8-21-37)27-13-22-42-48-45(32-15-5-3-6-16-32)50-46(49-42)39-26-25-38(36-24-23-31-14-9-10-17-33(31)28-36)44-43(39)40-29-34-18-11-12-19-35(34)30-41(40)51-44/h3-21,23-30H,22H2,1-2H3/b27-13-. The van der Waals surface area contributed by atoms with Gasteiger partial charge in [0, 0.05) is 39.3 Å². The van der Waals surface area contributed by atoms with Crippen molar-refractivity contribution in [1.29, 1.82) is 0 Å². The summed E-state index contributed by atoms with van der Waals surface area (Å²) in [6, 6.07) is 52.9. The maximum Gasteiger partial charge on any atom is 0.164 e. The molecule has 7 aromatic carbocycles. The van der Waals surface area contributed by atoms with Crippen molar-refractivity contribution < 1.29 is 4.42 Å². The van der Waals surface area contributed by atoms with Gasteiger partial charge in [-0.3, -0.25) is 0 Å². The highest BCUT2D eigenvalue weighted by atomic mass is 16.3. The first-order valence-corrected chi connectivity index (χ1v) is 17.4. The Balaban J connectivity index is 1.24. The quantitative estimate of drug-likeness (QED) is 0.160. The average molecular weight is 658 g/mol. The molecular formula is C47H35N3O. The second kappa shape index (κ2) is 12.5. The third-order valence-electron chi connectivity index (χ3n) is 9.85. The van der Waals surface area contributed by atoms with Crippen molar-refractivity contribution >= 4 is 43.5 Å². The molecule has 0 unspecified atom stereocenters. The van der Waals surface area contributed by atoms with E-state index in [9.17, 15) is 0 Å². The molecule has 0 radical (unpaired) electrons. The van der Waals surface area contributed by atoms with Gasteiger partial charge in [-0.05, 0) is 63.0 Å². The van der Waals surface area contributed by atoms with E-state index >= 15 is 0 Å². The summed E-state index contributed by atoms with van der Waals surface area (Å²) in [4.78, 5) is 15.3. The van der Waals surface area contributed by atoms with Crippen molar-refractivity contribution in [3.8, 4) is 33.9 Å². The first-order valence-electron chi connectivity index (χ1n) is 17.4. The van der Waals surface area contributed by atoms with Gasteiger partial charge in [-0.1, -0.05) is 147 Å². The number of hydrogen-bond donors (Lipinski definition) is 0. The van der Waals surface area contributed by atoms with Crippen LogP contribution < -0.4 is 0 Å². The summed E-state index contributed by atoms with van der Waals surface area (Å²) in [6.45, 7) is 4.46. The third-order valence-corrected chi connectivity index (χ3v) is 9.85. The van der Waals surface area contributed by atoms with Crippen molar-refractivity contribution in [2.24, 2.45) is 0 Å². The van der Waals surface area contributed by atoms with Gasteiger partial charge in [0.05, 0.1) is 0 Å². The Kier molecular flexibility index (Phi) is 7.51. The van der Waals surface area contributed by atoms with Gasteiger partial charge in [0.25, 0.3) is 0 Å². The fourth-order valence-electron chi connectivity index (χ4n) is 7.11. The molecule has 4 nitrogen and oxygen atoms in total. The summed E-state index contributed by atoms with van der Waals surface area (Å²) >= 11 is 0. The van der Waals surface area contributed by atoms with Gasteiger partial charge in [-0.25, -0.2) is 15.0 Å². The minimum Gasteiger partial charge on any atom is -0.455 e. The summed E-state index contributed by atoms with van der Waals surface area (Å²) in [5, 5.41) is 6.72. The molecule has 4 heteroatoms. The van der Waals surface area contributed by atoms with Crippen molar-refractivity contribution in [3.05, 3.63) is 175 Å². The van der Waals surface area contributed by atoms with Gasteiger partial charge in [0.15, 0.2) is 11.6 Å². The van der Waals surface area contributed by atoms with Crippen molar-refractivity contribution in [1.82, 2.24) is 15.0 Å². The highest BCUT2D eigenvalue weighted by molar-refractivity contribution is 6.18. The molecule has 2 aromatic heterocycles. The van der Waals surface area contributed by atoms with E-state index in [1.807, 2.05) is 18.2 Å². The number of nitrogens with zero attached hydrogens (tertiary/aromatic N) is 3. The number of fused-ring (bicyclic) bond motifs is 5. The van der Waals surface area contributed by atoms with Crippen LogP contribution in [-0.2, 0) is 11.8 Å². The lowest BCUT2D eigenvalue weighted by molar-refractivity contribution is 0.667. The fraction of sp³-hybridized carbons (Fsp3) is 0.0851. The number of benzene rings is 7. The normalized spacial score (nSPS) is 12.1. The molecule has 0 fully saturated rings. The van der Waals surface area contributed by atoms with E-state index in [0.29, 0.717) is 23.9 Å². The minimum absolute atomic E-state index is 0.136. The second-order valence-electron chi connectivity index (χ2n) is 13.7. The molecule has 0 aliphatic carbocycles. The third kappa shape index (κ3) is 5.75. The Hall–Kier alpha value is -6.39. The van der Waals surface area contributed by atoms with Crippen LogP contribution in [-0.4, -0.2) is 15.0 Å². The zero-order valence-electron chi connectivity index (χ0n) is 28.5. The Labute approximate surface area is 296 Å². The molecule has 2 heterocycles. The van der Waals surface area contributed by atoms with Crippen LogP contribution >= 0.6 is 0 Å². The minimum atomic E-state index is -0.136. The Morgan fingerprint density at radius 1 is 0.549 bits per heavy atom. The molecule has 0 N–H and O–H groups in total. The fourth-order valence-corrected chi connectivity index (χ4v) is 7.11. The molecule has 0 saturated carbocycles.